The molecule has 180 valence electrons. The van der Waals surface area contributed by atoms with Gasteiger partial charge in [0, 0.05) is 36.7 Å². The molecular formula is C28H32F2N2O2. The predicted molar refractivity (Wildman–Crippen MR) is 132 cm³/mol. The van der Waals surface area contributed by atoms with E-state index in [4.69, 9.17) is 0 Å². The fourth-order valence-corrected chi connectivity index (χ4v) is 3.49. The molecule has 3 aromatic carbocycles. The Morgan fingerprint density at radius 3 is 2.18 bits per heavy atom. The van der Waals surface area contributed by atoms with Crippen LogP contribution in [0.5, 0.6) is 0 Å². The summed E-state index contributed by atoms with van der Waals surface area (Å²) in [5, 5.41) is 5.67. The van der Waals surface area contributed by atoms with Crippen molar-refractivity contribution < 1.29 is 18.4 Å². The molecule has 0 aliphatic carbocycles. The predicted octanol–water partition coefficient (Wildman–Crippen LogP) is 6.25. The van der Waals surface area contributed by atoms with Crippen molar-refractivity contribution in [3.8, 4) is 11.1 Å². The Morgan fingerprint density at radius 2 is 1.47 bits per heavy atom. The van der Waals surface area contributed by atoms with Gasteiger partial charge in [0.15, 0.2) is 0 Å². The summed E-state index contributed by atoms with van der Waals surface area (Å²) in [4.78, 5) is 25.1. The number of rotatable bonds is 9. The lowest BCUT2D eigenvalue weighted by Crippen LogP contribution is -2.24. The fraction of sp³-hybridized carbons (Fsp3) is 0.286. The zero-order valence-corrected chi connectivity index (χ0v) is 18.8. The highest BCUT2D eigenvalue weighted by atomic mass is 19.1. The summed E-state index contributed by atoms with van der Waals surface area (Å²) in [6.45, 7) is 4.45. The van der Waals surface area contributed by atoms with Crippen LogP contribution in [0.3, 0.4) is 0 Å². The molecule has 2 amide bonds. The van der Waals surface area contributed by atoms with E-state index in [1.807, 2.05) is 36.4 Å². The molecule has 0 aromatic heterocycles. The van der Waals surface area contributed by atoms with Gasteiger partial charge in [0.1, 0.15) is 11.6 Å². The summed E-state index contributed by atoms with van der Waals surface area (Å²) in [7, 11) is 0. The van der Waals surface area contributed by atoms with E-state index in [0.717, 1.165) is 29.7 Å². The lowest BCUT2D eigenvalue weighted by Gasteiger charge is -2.15. The third-order valence-electron chi connectivity index (χ3n) is 5.36. The van der Waals surface area contributed by atoms with E-state index >= 15 is 0 Å². The van der Waals surface area contributed by atoms with E-state index in [-0.39, 0.29) is 31.3 Å². The normalized spacial score (nSPS) is 10.5. The molecule has 0 unspecified atom stereocenters. The molecule has 0 atom stereocenters. The molecule has 0 bridgehead atoms. The maximum absolute atomic E-state index is 13.9. The van der Waals surface area contributed by atoms with E-state index in [1.54, 1.807) is 12.1 Å². The first-order valence-corrected chi connectivity index (χ1v) is 11.0. The van der Waals surface area contributed by atoms with Crippen molar-refractivity contribution in [2.24, 2.45) is 5.92 Å². The number of hydrogen-bond donors (Lipinski definition) is 2. The zero-order chi connectivity index (χ0) is 23.8. The Balaban J connectivity index is 0.00000408. The highest BCUT2D eigenvalue weighted by Gasteiger charge is 2.16. The van der Waals surface area contributed by atoms with E-state index in [9.17, 15) is 18.4 Å². The molecule has 2 N–H and O–H groups in total. The molecule has 0 saturated carbocycles. The number of hydrogen-bond acceptors (Lipinski definition) is 2. The summed E-state index contributed by atoms with van der Waals surface area (Å²) in [6.07, 6.45) is 1.30. The lowest BCUT2D eigenvalue weighted by molar-refractivity contribution is -0.121. The van der Waals surface area contributed by atoms with Gasteiger partial charge in [-0.1, -0.05) is 69.8 Å². The monoisotopic (exact) mass is 466 g/mol. The highest BCUT2D eigenvalue weighted by Crippen LogP contribution is 2.27. The second-order valence-corrected chi connectivity index (χ2v) is 8.33. The van der Waals surface area contributed by atoms with Crippen LogP contribution in [0.15, 0.2) is 66.7 Å². The van der Waals surface area contributed by atoms with Gasteiger partial charge in [-0.25, -0.2) is 8.78 Å². The molecule has 0 aliphatic heterocycles. The number of amides is 2. The topological polar surface area (TPSA) is 58.2 Å². The van der Waals surface area contributed by atoms with Crippen molar-refractivity contribution >= 4 is 11.8 Å². The molecule has 0 spiro atoms. The van der Waals surface area contributed by atoms with Crippen molar-refractivity contribution in [3.05, 3.63) is 95.1 Å². The molecule has 0 fully saturated rings. The van der Waals surface area contributed by atoms with E-state index in [1.165, 1.54) is 6.07 Å². The summed E-state index contributed by atoms with van der Waals surface area (Å²) in [6, 6.07) is 18.0. The van der Waals surface area contributed by atoms with Gasteiger partial charge in [-0.3, -0.25) is 9.59 Å². The number of nitrogens with one attached hydrogen (secondary N) is 2. The minimum atomic E-state index is -0.706. The Morgan fingerprint density at radius 1 is 0.824 bits per heavy atom. The van der Waals surface area contributed by atoms with Crippen LogP contribution in [-0.4, -0.2) is 11.8 Å². The molecule has 6 heteroatoms. The zero-order valence-electron chi connectivity index (χ0n) is 18.8. The minimum absolute atomic E-state index is 0. The summed E-state index contributed by atoms with van der Waals surface area (Å²) < 4.78 is 27.1. The van der Waals surface area contributed by atoms with Gasteiger partial charge in [-0.15, -0.1) is 0 Å². The molecule has 3 aromatic rings. The van der Waals surface area contributed by atoms with Crippen LogP contribution in [-0.2, 0) is 17.9 Å². The molecule has 4 nitrogen and oxygen atoms in total. The average molecular weight is 467 g/mol. The van der Waals surface area contributed by atoms with Crippen molar-refractivity contribution in [1.29, 1.82) is 0 Å². The van der Waals surface area contributed by atoms with Crippen molar-refractivity contribution in [2.75, 3.05) is 0 Å². The average Bonchev–Trinajstić information content (AvgIpc) is 2.81. The van der Waals surface area contributed by atoms with Crippen molar-refractivity contribution in [3.63, 3.8) is 0 Å². The Bertz CT molecular complexity index is 1130. The number of halogens is 2. The Kier molecular flexibility index (Phi) is 9.92. The standard InChI is InChI=1S/C27H28F2N2O2.CH4/c1-18(2)11-14-26(32)30-16-19-7-3-4-8-22(19)23-9-5-6-10-24(23)27(33)31-17-20-12-13-21(28)15-25(20)29;/h3-10,12-13,15,18H,11,14,16-17H2,1-2H3,(H,30,32)(H,31,33);1H4. The number of benzene rings is 3. The molecule has 0 radical (unpaired) electrons. The van der Waals surface area contributed by atoms with E-state index < -0.39 is 11.6 Å². The van der Waals surface area contributed by atoms with E-state index in [0.29, 0.717) is 30.0 Å². The van der Waals surface area contributed by atoms with Gasteiger partial charge >= 0.3 is 0 Å². The third kappa shape index (κ3) is 7.24. The first kappa shape index (κ1) is 26.7. The molecule has 0 heterocycles. The second-order valence-electron chi connectivity index (χ2n) is 8.33. The molecular weight excluding hydrogens is 434 g/mol. The Labute approximate surface area is 200 Å². The molecule has 0 saturated heterocycles. The van der Waals surface area contributed by atoms with Crippen LogP contribution in [0.4, 0.5) is 8.78 Å². The highest BCUT2D eigenvalue weighted by molar-refractivity contribution is 6.01. The molecule has 34 heavy (non-hydrogen) atoms. The van der Waals surface area contributed by atoms with Crippen LogP contribution in [0.25, 0.3) is 11.1 Å². The summed E-state index contributed by atoms with van der Waals surface area (Å²) in [5.41, 5.74) is 3.06. The van der Waals surface area contributed by atoms with Gasteiger partial charge < -0.3 is 10.6 Å². The fourth-order valence-electron chi connectivity index (χ4n) is 3.49. The van der Waals surface area contributed by atoms with Gasteiger partial charge in [0.05, 0.1) is 0 Å². The summed E-state index contributed by atoms with van der Waals surface area (Å²) >= 11 is 0. The van der Waals surface area contributed by atoms with Gasteiger partial charge in [0.2, 0.25) is 5.91 Å². The first-order chi connectivity index (χ1) is 15.8. The smallest absolute Gasteiger partial charge is 0.252 e. The number of carbonyl (C=O) groups is 2. The van der Waals surface area contributed by atoms with Gasteiger partial charge in [0.25, 0.3) is 5.91 Å². The third-order valence-corrected chi connectivity index (χ3v) is 5.36. The lowest BCUT2D eigenvalue weighted by atomic mass is 9.94. The summed E-state index contributed by atoms with van der Waals surface area (Å²) in [5.74, 6) is -1.30. The Hall–Kier alpha value is -3.54. The van der Waals surface area contributed by atoms with Crippen LogP contribution in [0.2, 0.25) is 0 Å². The maximum Gasteiger partial charge on any atom is 0.252 e. The minimum Gasteiger partial charge on any atom is -0.352 e. The molecule has 0 aliphatic rings. The molecule has 3 rings (SSSR count). The van der Waals surface area contributed by atoms with Crippen LogP contribution in [0, 0.1) is 17.6 Å². The van der Waals surface area contributed by atoms with Crippen molar-refractivity contribution in [2.45, 2.75) is 47.2 Å². The van der Waals surface area contributed by atoms with Crippen LogP contribution in [0.1, 0.15) is 55.6 Å². The van der Waals surface area contributed by atoms with Crippen LogP contribution < -0.4 is 10.6 Å². The van der Waals surface area contributed by atoms with Gasteiger partial charge in [-0.2, -0.15) is 0 Å². The maximum atomic E-state index is 13.9. The largest absolute Gasteiger partial charge is 0.352 e. The number of carbonyl (C=O) groups excluding carboxylic acids is 2. The first-order valence-electron chi connectivity index (χ1n) is 11.0. The van der Waals surface area contributed by atoms with Crippen LogP contribution >= 0.6 is 0 Å². The quantitative estimate of drug-likeness (QED) is 0.392. The van der Waals surface area contributed by atoms with Gasteiger partial charge in [-0.05, 0) is 41.2 Å². The van der Waals surface area contributed by atoms with Crippen molar-refractivity contribution in [1.82, 2.24) is 10.6 Å². The second kappa shape index (κ2) is 12.6. The SMILES string of the molecule is C.CC(C)CCC(=O)NCc1ccccc1-c1ccccc1C(=O)NCc1ccc(F)cc1F. The van der Waals surface area contributed by atoms with E-state index in [2.05, 4.69) is 24.5 Å².